The van der Waals surface area contributed by atoms with Crippen molar-refractivity contribution >= 4 is 0 Å². The summed E-state index contributed by atoms with van der Waals surface area (Å²) in [6.07, 6.45) is 0. The van der Waals surface area contributed by atoms with Gasteiger partial charge in [0.05, 0.1) is 6.61 Å². The Balaban J connectivity index is 2.59. The van der Waals surface area contributed by atoms with Gasteiger partial charge in [-0.15, -0.1) is 0 Å². The maximum Gasteiger partial charge on any atom is 0.130 e. The average molecular weight is 230 g/mol. The number of likely N-dealkylation sites (N-methyl/N-ethyl adjacent to an activating group) is 1. The van der Waals surface area contributed by atoms with Gasteiger partial charge in [-0.2, -0.15) is 0 Å². The van der Waals surface area contributed by atoms with Crippen LogP contribution in [0.25, 0.3) is 0 Å². The van der Waals surface area contributed by atoms with Crippen LogP contribution in [0.1, 0.15) is 5.56 Å². The molecule has 0 aliphatic carbocycles. The zero-order chi connectivity index (χ0) is 12.1. The van der Waals surface area contributed by atoms with Gasteiger partial charge in [0.2, 0.25) is 0 Å². The Kier molecular flexibility index (Phi) is 4.79. The lowest BCUT2D eigenvalue weighted by Gasteiger charge is -2.20. The molecule has 0 amide bonds. The van der Waals surface area contributed by atoms with Crippen LogP contribution in [0.4, 0.5) is 8.78 Å². The van der Waals surface area contributed by atoms with Gasteiger partial charge in [-0.05, 0) is 13.1 Å². The van der Waals surface area contributed by atoms with Gasteiger partial charge >= 0.3 is 0 Å². The fourth-order valence-corrected chi connectivity index (χ4v) is 1.46. The summed E-state index contributed by atoms with van der Waals surface area (Å²) in [5, 5.41) is 8.77. The fourth-order valence-electron chi connectivity index (χ4n) is 1.46. The monoisotopic (exact) mass is 230 g/mol. The minimum Gasteiger partial charge on any atom is -0.395 e. The zero-order valence-electron chi connectivity index (χ0n) is 9.16. The van der Waals surface area contributed by atoms with Crippen LogP contribution in [-0.2, 0) is 6.54 Å². The third-order valence-corrected chi connectivity index (χ3v) is 2.24. The van der Waals surface area contributed by atoms with E-state index in [-0.39, 0.29) is 12.6 Å². The second kappa shape index (κ2) is 5.89. The molecule has 90 valence electrons. The number of halogens is 2. The summed E-state index contributed by atoms with van der Waals surface area (Å²) in [6.45, 7) is 0.670. The van der Waals surface area contributed by atoms with Crippen molar-refractivity contribution in [3.63, 3.8) is 0 Å². The van der Waals surface area contributed by atoms with Gasteiger partial charge in [0, 0.05) is 30.8 Å². The largest absolute Gasteiger partial charge is 0.395 e. The number of benzene rings is 1. The third kappa shape index (κ3) is 3.84. The SMILES string of the molecule is CN(Cc1ccc(F)cc1F)CC(N)CO. The van der Waals surface area contributed by atoms with Crippen molar-refractivity contribution in [1.82, 2.24) is 4.90 Å². The summed E-state index contributed by atoms with van der Waals surface area (Å²) in [5.74, 6) is -1.15. The maximum absolute atomic E-state index is 13.3. The lowest BCUT2D eigenvalue weighted by atomic mass is 10.2. The predicted octanol–water partition coefficient (Wildman–Crippen LogP) is 0.716. The summed E-state index contributed by atoms with van der Waals surface area (Å²) >= 11 is 0. The molecule has 0 saturated heterocycles. The van der Waals surface area contributed by atoms with Crippen molar-refractivity contribution in [3.05, 3.63) is 35.4 Å². The molecule has 0 heterocycles. The second-order valence-electron chi connectivity index (χ2n) is 3.88. The summed E-state index contributed by atoms with van der Waals surface area (Å²) in [4.78, 5) is 1.78. The van der Waals surface area contributed by atoms with E-state index < -0.39 is 11.6 Å². The molecule has 3 nitrogen and oxygen atoms in total. The molecule has 0 saturated carbocycles. The summed E-state index contributed by atoms with van der Waals surface area (Å²) < 4.78 is 25.9. The molecule has 1 aromatic carbocycles. The van der Waals surface area contributed by atoms with Gasteiger partial charge in [-0.3, -0.25) is 0 Å². The molecule has 0 radical (unpaired) electrons. The Labute approximate surface area is 93.5 Å². The lowest BCUT2D eigenvalue weighted by molar-refractivity contribution is 0.217. The molecule has 3 N–H and O–H groups in total. The number of nitrogens with zero attached hydrogens (tertiary/aromatic N) is 1. The topological polar surface area (TPSA) is 49.5 Å². The van der Waals surface area contributed by atoms with Crippen molar-refractivity contribution in [3.8, 4) is 0 Å². The van der Waals surface area contributed by atoms with Crippen molar-refractivity contribution in [1.29, 1.82) is 0 Å². The standard InChI is InChI=1S/C11H16F2N2O/c1-15(6-10(14)7-16)5-8-2-3-9(12)4-11(8)13/h2-4,10,16H,5-7,14H2,1H3. The van der Waals surface area contributed by atoms with E-state index in [0.717, 1.165) is 6.07 Å². The molecule has 1 rings (SSSR count). The third-order valence-electron chi connectivity index (χ3n) is 2.24. The molecular weight excluding hydrogens is 214 g/mol. The average Bonchev–Trinajstić information content (AvgIpc) is 2.22. The highest BCUT2D eigenvalue weighted by Crippen LogP contribution is 2.11. The molecule has 1 aromatic rings. The molecule has 5 heteroatoms. The van der Waals surface area contributed by atoms with Crippen molar-refractivity contribution < 1.29 is 13.9 Å². The van der Waals surface area contributed by atoms with E-state index in [1.807, 2.05) is 0 Å². The summed E-state index contributed by atoms with van der Waals surface area (Å²) in [5.41, 5.74) is 5.96. The first-order valence-corrected chi connectivity index (χ1v) is 5.02. The van der Waals surface area contributed by atoms with E-state index in [1.54, 1.807) is 11.9 Å². The first-order valence-electron chi connectivity index (χ1n) is 5.02. The van der Waals surface area contributed by atoms with Crippen LogP contribution in [0, 0.1) is 11.6 Å². The number of nitrogens with two attached hydrogens (primary N) is 1. The van der Waals surface area contributed by atoms with E-state index in [0.29, 0.717) is 18.7 Å². The number of hydrogen-bond acceptors (Lipinski definition) is 3. The highest BCUT2D eigenvalue weighted by molar-refractivity contribution is 5.18. The first kappa shape index (κ1) is 13.0. The Hall–Kier alpha value is -1.04. The number of aliphatic hydroxyl groups is 1. The number of aliphatic hydroxyl groups excluding tert-OH is 1. The highest BCUT2D eigenvalue weighted by atomic mass is 19.1. The molecule has 1 atom stereocenters. The van der Waals surface area contributed by atoms with E-state index in [4.69, 9.17) is 10.8 Å². The molecule has 0 aliphatic rings. The zero-order valence-corrected chi connectivity index (χ0v) is 9.16. The minimum absolute atomic E-state index is 0.115. The Morgan fingerprint density at radius 1 is 1.44 bits per heavy atom. The van der Waals surface area contributed by atoms with Crippen LogP contribution in [0.15, 0.2) is 18.2 Å². The Bertz CT molecular complexity index is 347. The molecule has 0 aliphatic heterocycles. The molecule has 0 spiro atoms. The van der Waals surface area contributed by atoms with Crippen molar-refractivity contribution in [2.75, 3.05) is 20.2 Å². The van der Waals surface area contributed by atoms with Gasteiger partial charge in [0.15, 0.2) is 0 Å². The lowest BCUT2D eigenvalue weighted by Crippen LogP contribution is -2.37. The van der Waals surface area contributed by atoms with Gasteiger partial charge in [0.1, 0.15) is 11.6 Å². The molecule has 0 bridgehead atoms. The van der Waals surface area contributed by atoms with Gasteiger partial charge in [-0.1, -0.05) is 6.07 Å². The minimum atomic E-state index is -0.587. The molecule has 0 fully saturated rings. The van der Waals surface area contributed by atoms with E-state index >= 15 is 0 Å². The fraction of sp³-hybridized carbons (Fsp3) is 0.455. The van der Waals surface area contributed by atoms with E-state index in [1.165, 1.54) is 12.1 Å². The van der Waals surface area contributed by atoms with Gasteiger partial charge in [0.25, 0.3) is 0 Å². The first-order chi connectivity index (χ1) is 7.52. The Morgan fingerprint density at radius 3 is 2.69 bits per heavy atom. The van der Waals surface area contributed by atoms with Crippen LogP contribution < -0.4 is 5.73 Å². The second-order valence-corrected chi connectivity index (χ2v) is 3.88. The molecular formula is C11H16F2N2O. The number of rotatable bonds is 5. The maximum atomic E-state index is 13.3. The molecule has 16 heavy (non-hydrogen) atoms. The Morgan fingerprint density at radius 2 is 2.12 bits per heavy atom. The van der Waals surface area contributed by atoms with Crippen LogP contribution in [0.5, 0.6) is 0 Å². The summed E-state index contributed by atoms with van der Waals surface area (Å²) in [7, 11) is 1.76. The van der Waals surface area contributed by atoms with Crippen molar-refractivity contribution in [2.45, 2.75) is 12.6 Å². The number of hydrogen-bond donors (Lipinski definition) is 2. The smallest absolute Gasteiger partial charge is 0.130 e. The normalized spacial score (nSPS) is 13.1. The van der Waals surface area contributed by atoms with E-state index in [2.05, 4.69) is 0 Å². The highest BCUT2D eigenvalue weighted by Gasteiger charge is 2.09. The van der Waals surface area contributed by atoms with Crippen LogP contribution in [0.3, 0.4) is 0 Å². The summed E-state index contributed by atoms with van der Waals surface area (Å²) in [6, 6.07) is 3.13. The molecule has 0 aromatic heterocycles. The quantitative estimate of drug-likeness (QED) is 0.783. The van der Waals surface area contributed by atoms with Crippen molar-refractivity contribution in [2.24, 2.45) is 5.73 Å². The van der Waals surface area contributed by atoms with Gasteiger partial charge in [-0.25, -0.2) is 8.78 Å². The predicted molar refractivity (Wildman–Crippen MR) is 57.8 cm³/mol. The van der Waals surface area contributed by atoms with Crippen LogP contribution in [-0.4, -0.2) is 36.2 Å². The van der Waals surface area contributed by atoms with Crippen LogP contribution >= 0.6 is 0 Å². The van der Waals surface area contributed by atoms with E-state index in [9.17, 15) is 8.78 Å². The molecule has 1 unspecified atom stereocenters. The van der Waals surface area contributed by atoms with Crippen LogP contribution in [0.2, 0.25) is 0 Å². The van der Waals surface area contributed by atoms with Gasteiger partial charge < -0.3 is 15.7 Å².